The Bertz CT molecular complexity index is 186. The topological polar surface area (TPSA) is 12.0 Å². The van der Waals surface area contributed by atoms with Crippen molar-refractivity contribution in [1.82, 2.24) is 5.32 Å². The second kappa shape index (κ2) is 11.8. The minimum atomic E-state index is 0.801. The summed E-state index contributed by atoms with van der Waals surface area (Å²) >= 11 is 0. The molecule has 0 heterocycles. The maximum Gasteiger partial charge on any atom is 0.00667 e. The quantitative estimate of drug-likeness (QED) is 0.423. The first kappa shape index (κ1) is 17.0. The van der Waals surface area contributed by atoms with Gasteiger partial charge < -0.3 is 5.32 Å². The smallest absolute Gasteiger partial charge is 0.00667 e. The van der Waals surface area contributed by atoms with Crippen LogP contribution in [0.15, 0.2) is 0 Å². The Balaban J connectivity index is 1.83. The molecule has 0 aromatic carbocycles. The molecule has 1 rings (SSSR count). The Morgan fingerprint density at radius 3 is 1.95 bits per heavy atom. The first-order valence-corrected chi connectivity index (χ1v) is 9.04. The molecule has 0 radical (unpaired) electrons. The summed E-state index contributed by atoms with van der Waals surface area (Å²) in [5.74, 6) is 1.05. The summed E-state index contributed by atoms with van der Waals surface area (Å²) in [4.78, 5) is 0. The SMILES string of the molecule is CCCCCCCCCCCC(CC1CCC1)NC. The summed E-state index contributed by atoms with van der Waals surface area (Å²) < 4.78 is 0. The van der Waals surface area contributed by atoms with E-state index >= 15 is 0 Å². The van der Waals surface area contributed by atoms with Gasteiger partial charge in [0.1, 0.15) is 0 Å². The monoisotopic (exact) mass is 267 g/mol. The van der Waals surface area contributed by atoms with Crippen molar-refractivity contribution in [1.29, 1.82) is 0 Å². The molecule has 0 aliphatic heterocycles. The van der Waals surface area contributed by atoms with Crippen LogP contribution >= 0.6 is 0 Å². The number of hydrogen-bond acceptors (Lipinski definition) is 1. The molecule has 0 saturated heterocycles. The molecule has 19 heavy (non-hydrogen) atoms. The molecule has 1 aliphatic carbocycles. The summed E-state index contributed by atoms with van der Waals surface area (Å²) in [6.07, 6.45) is 20.3. The Hall–Kier alpha value is -0.0400. The van der Waals surface area contributed by atoms with E-state index < -0.39 is 0 Å². The third kappa shape index (κ3) is 8.68. The second-order valence-corrected chi connectivity index (χ2v) is 6.64. The molecule has 1 heteroatoms. The van der Waals surface area contributed by atoms with E-state index in [1.807, 2.05) is 0 Å². The molecule has 1 N–H and O–H groups in total. The maximum absolute atomic E-state index is 3.53. The van der Waals surface area contributed by atoms with E-state index in [4.69, 9.17) is 0 Å². The van der Waals surface area contributed by atoms with E-state index in [-0.39, 0.29) is 0 Å². The molecule has 1 fully saturated rings. The van der Waals surface area contributed by atoms with Crippen molar-refractivity contribution >= 4 is 0 Å². The van der Waals surface area contributed by atoms with Crippen molar-refractivity contribution in [2.45, 2.75) is 103 Å². The van der Waals surface area contributed by atoms with Crippen molar-refractivity contribution < 1.29 is 0 Å². The summed E-state index contributed by atoms with van der Waals surface area (Å²) in [6.45, 7) is 2.29. The van der Waals surface area contributed by atoms with Crippen molar-refractivity contribution in [3.8, 4) is 0 Å². The molecule has 0 aromatic heterocycles. The molecular formula is C18H37N. The van der Waals surface area contributed by atoms with Crippen LogP contribution in [0.2, 0.25) is 0 Å². The van der Waals surface area contributed by atoms with Crippen molar-refractivity contribution in [3.63, 3.8) is 0 Å². The fourth-order valence-corrected chi connectivity index (χ4v) is 3.21. The van der Waals surface area contributed by atoms with Gasteiger partial charge in [-0.15, -0.1) is 0 Å². The van der Waals surface area contributed by atoms with Crippen LogP contribution in [0.4, 0.5) is 0 Å². The minimum Gasteiger partial charge on any atom is -0.317 e. The van der Waals surface area contributed by atoms with E-state index in [2.05, 4.69) is 19.3 Å². The van der Waals surface area contributed by atoms with E-state index in [0.717, 1.165) is 12.0 Å². The molecule has 0 spiro atoms. The van der Waals surface area contributed by atoms with Gasteiger partial charge in [-0.1, -0.05) is 84.0 Å². The van der Waals surface area contributed by atoms with Crippen LogP contribution in [0.5, 0.6) is 0 Å². The minimum absolute atomic E-state index is 0.801. The fraction of sp³-hybridized carbons (Fsp3) is 1.00. The standard InChI is InChI=1S/C18H37N/c1-3-4-5-6-7-8-9-10-11-15-18(19-2)16-17-13-12-14-17/h17-19H,3-16H2,1-2H3. The van der Waals surface area contributed by atoms with E-state index in [9.17, 15) is 0 Å². The zero-order valence-corrected chi connectivity index (χ0v) is 13.6. The average molecular weight is 268 g/mol. The molecule has 0 bridgehead atoms. The van der Waals surface area contributed by atoms with Crippen molar-refractivity contribution in [2.75, 3.05) is 7.05 Å². The summed E-state index contributed by atoms with van der Waals surface area (Å²) in [7, 11) is 2.15. The van der Waals surface area contributed by atoms with E-state index in [1.165, 1.54) is 89.9 Å². The largest absolute Gasteiger partial charge is 0.317 e. The highest BCUT2D eigenvalue weighted by atomic mass is 14.9. The van der Waals surface area contributed by atoms with E-state index in [0.29, 0.717) is 0 Å². The zero-order chi connectivity index (χ0) is 13.8. The summed E-state index contributed by atoms with van der Waals surface area (Å²) in [6, 6.07) is 0.801. The third-order valence-corrected chi connectivity index (χ3v) is 4.91. The molecule has 1 atom stereocenters. The predicted octanol–water partition coefficient (Wildman–Crippen LogP) is 5.69. The first-order valence-electron chi connectivity index (χ1n) is 9.04. The Morgan fingerprint density at radius 2 is 1.47 bits per heavy atom. The Labute approximate surface area is 121 Å². The van der Waals surface area contributed by atoms with Crippen LogP contribution in [-0.2, 0) is 0 Å². The lowest BCUT2D eigenvalue weighted by Crippen LogP contribution is -2.29. The molecular weight excluding hydrogens is 230 g/mol. The van der Waals surface area contributed by atoms with Gasteiger partial charge in [0.2, 0.25) is 0 Å². The van der Waals surface area contributed by atoms with Gasteiger partial charge in [-0.05, 0) is 25.8 Å². The molecule has 0 amide bonds. The predicted molar refractivity (Wildman–Crippen MR) is 86.6 cm³/mol. The van der Waals surface area contributed by atoms with Gasteiger partial charge in [-0.2, -0.15) is 0 Å². The normalized spacial score (nSPS) is 17.4. The van der Waals surface area contributed by atoms with Crippen LogP contribution in [0, 0.1) is 5.92 Å². The van der Waals surface area contributed by atoms with Gasteiger partial charge in [0.05, 0.1) is 0 Å². The van der Waals surface area contributed by atoms with Crippen molar-refractivity contribution in [2.24, 2.45) is 5.92 Å². The molecule has 0 aromatic rings. The highest BCUT2D eigenvalue weighted by Gasteiger charge is 2.20. The first-order chi connectivity index (χ1) is 9.36. The third-order valence-electron chi connectivity index (χ3n) is 4.91. The van der Waals surface area contributed by atoms with Crippen molar-refractivity contribution in [3.05, 3.63) is 0 Å². The maximum atomic E-state index is 3.53. The molecule has 1 saturated carbocycles. The molecule has 114 valence electrons. The highest BCUT2D eigenvalue weighted by Crippen LogP contribution is 2.31. The van der Waals surface area contributed by atoms with Crippen LogP contribution in [0.1, 0.15) is 96.8 Å². The van der Waals surface area contributed by atoms with Crippen LogP contribution in [0.3, 0.4) is 0 Å². The van der Waals surface area contributed by atoms with Gasteiger partial charge in [0, 0.05) is 6.04 Å². The second-order valence-electron chi connectivity index (χ2n) is 6.64. The lowest BCUT2D eigenvalue weighted by atomic mass is 9.80. The summed E-state index contributed by atoms with van der Waals surface area (Å²) in [5.41, 5.74) is 0. The zero-order valence-electron chi connectivity index (χ0n) is 13.6. The number of hydrogen-bond donors (Lipinski definition) is 1. The van der Waals surface area contributed by atoms with Crippen LogP contribution < -0.4 is 5.32 Å². The number of unbranched alkanes of at least 4 members (excludes halogenated alkanes) is 8. The highest BCUT2D eigenvalue weighted by molar-refractivity contribution is 4.76. The Morgan fingerprint density at radius 1 is 0.895 bits per heavy atom. The lowest BCUT2D eigenvalue weighted by Gasteiger charge is -2.29. The fourth-order valence-electron chi connectivity index (χ4n) is 3.21. The number of nitrogens with one attached hydrogen (secondary N) is 1. The molecule has 1 aliphatic rings. The number of rotatable bonds is 13. The van der Waals surface area contributed by atoms with Gasteiger partial charge >= 0.3 is 0 Å². The summed E-state index contributed by atoms with van der Waals surface area (Å²) in [5, 5.41) is 3.53. The van der Waals surface area contributed by atoms with Crippen LogP contribution in [0.25, 0.3) is 0 Å². The lowest BCUT2D eigenvalue weighted by molar-refractivity contribution is 0.257. The van der Waals surface area contributed by atoms with Gasteiger partial charge in [0.25, 0.3) is 0 Å². The van der Waals surface area contributed by atoms with Crippen LogP contribution in [-0.4, -0.2) is 13.1 Å². The Kier molecular flexibility index (Phi) is 10.5. The molecule has 1 nitrogen and oxygen atoms in total. The van der Waals surface area contributed by atoms with E-state index in [1.54, 1.807) is 0 Å². The average Bonchev–Trinajstić information content (AvgIpc) is 2.38. The van der Waals surface area contributed by atoms with Gasteiger partial charge in [-0.3, -0.25) is 0 Å². The molecule has 1 unspecified atom stereocenters. The van der Waals surface area contributed by atoms with Gasteiger partial charge in [0.15, 0.2) is 0 Å². The van der Waals surface area contributed by atoms with Gasteiger partial charge in [-0.25, -0.2) is 0 Å².